The average molecular weight is 235 g/mol. The predicted molar refractivity (Wildman–Crippen MR) is 63.1 cm³/mol. The van der Waals surface area contributed by atoms with E-state index in [-0.39, 0.29) is 5.56 Å². The quantitative estimate of drug-likeness (QED) is 0.855. The molecule has 2 rings (SSSR count). The fourth-order valence-electron chi connectivity index (χ4n) is 1.92. The lowest BCUT2D eigenvalue weighted by Gasteiger charge is -2.05. The van der Waals surface area contributed by atoms with E-state index in [1.807, 2.05) is 0 Å². The summed E-state index contributed by atoms with van der Waals surface area (Å²) in [5.41, 5.74) is 1.51. The molecule has 0 spiro atoms. The van der Waals surface area contributed by atoms with E-state index in [0.717, 1.165) is 0 Å². The van der Waals surface area contributed by atoms with Crippen molar-refractivity contribution in [3.05, 3.63) is 23.4 Å². The molecule has 2 N–H and O–H groups in total. The number of aromatic carboxylic acids is 1. The minimum Gasteiger partial charge on any atom is -0.497 e. The number of fused-ring (bicyclic) bond motifs is 1. The van der Waals surface area contributed by atoms with Gasteiger partial charge in [-0.25, -0.2) is 4.79 Å². The highest BCUT2D eigenvalue weighted by atomic mass is 16.5. The van der Waals surface area contributed by atoms with Gasteiger partial charge in [-0.1, -0.05) is 0 Å². The third-order valence-corrected chi connectivity index (χ3v) is 2.70. The number of methoxy groups -OCH3 is 2. The molecule has 0 aliphatic heterocycles. The van der Waals surface area contributed by atoms with Gasteiger partial charge in [-0.3, -0.25) is 0 Å². The Hall–Kier alpha value is -2.17. The first-order chi connectivity index (χ1) is 8.08. The molecule has 1 heterocycles. The second-order valence-electron chi connectivity index (χ2n) is 3.68. The van der Waals surface area contributed by atoms with E-state index >= 15 is 0 Å². The van der Waals surface area contributed by atoms with Crippen LogP contribution in [0.3, 0.4) is 0 Å². The van der Waals surface area contributed by atoms with Crippen LogP contribution in [0.4, 0.5) is 0 Å². The normalized spacial score (nSPS) is 10.5. The molecule has 90 valence electrons. The Morgan fingerprint density at radius 2 is 2.00 bits per heavy atom. The van der Waals surface area contributed by atoms with Gasteiger partial charge in [-0.05, 0) is 13.0 Å². The zero-order valence-electron chi connectivity index (χ0n) is 9.83. The number of carboxylic acid groups (broad SMARTS) is 1. The predicted octanol–water partition coefficient (Wildman–Crippen LogP) is 2.19. The van der Waals surface area contributed by atoms with Crippen LogP contribution in [0.1, 0.15) is 16.1 Å². The molecule has 5 heteroatoms. The molecule has 0 unspecified atom stereocenters. The second kappa shape index (κ2) is 4.01. The van der Waals surface area contributed by atoms with Crippen molar-refractivity contribution < 1.29 is 19.4 Å². The Bertz CT molecular complexity index is 586. The highest BCUT2D eigenvalue weighted by molar-refractivity contribution is 6.06. The van der Waals surface area contributed by atoms with Crippen LogP contribution in [0.5, 0.6) is 11.5 Å². The largest absolute Gasteiger partial charge is 0.497 e. The molecule has 17 heavy (non-hydrogen) atoms. The molecule has 1 aromatic heterocycles. The van der Waals surface area contributed by atoms with Crippen LogP contribution in [0.2, 0.25) is 0 Å². The number of hydrogen-bond donors (Lipinski definition) is 2. The summed E-state index contributed by atoms with van der Waals surface area (Å²) in [6.07, 6.45) is 0. The smallest absolute Gasteiger partial charge is 0.338 e. The minimum atomic E-state index is -0.968. The summed E-state index contributed by atoms with van der Waals surface area (Å²) < 4.78 is 10.3. The standard InChI is InChI=1S/C12H13NO4/c1-6-10(12(14)15)8-4-7(16-2)5-9(17-3)11(8)13-6/h4-5,13H,1-3H3,(H,14,15). The first-order valence-electron chi connectivity index (χ1n) is 5.06. The third-order valence-electron chi connectivity index (χ3n) is 2.70. The van der Waals surface area contributed by atoms with Crippen LogP contribution in [0.25, 0.3) is 10.9 Å². The molecule has 0 saturated carbocycles. The Balaban J connectivity index is 2.85. The summed E-state index contributed by atoms with van der Waals surface area (Å²) in [6.45, 7) is 1.72. The molecule has 0 bridgehead atoms. The van der Waals surface area contributed by atoms with Gasteiger partial charge in [0, 0.05) is 17.1 Å². The van der Waals surface area contributed by atoms with Crippen LogP contribution in [-0.2, 0) is 0 Å². The SMILES string of the molecule is COc1cc(OC)c2[nH]c(C)c(C(=O)O)c2c1. The van der Waals surface area contributed by atoms with Gasteiger partial charge in [0.25, 0.3) is 0 Å². The van der Waals surface area contributed by atoms with Crippen LogP contribution >= 0.6 is 0 Å². The number of H-pyrrole nitrogens is 1. The van der Waals surface area contributed by atoms with Gasteiger partial charge < -0.3 is 19.6 Å². The van der Waals surface area contributed by atoms with E-state index in [2.05, 4.69) is 4.98 Å². The molecule has 0 aliphatic rings. The molecular weight excluding hydrogens is 222 g/mol. The molecule has 5 nitrogen and oxygen atoms in total. The van der Waals surface area contributed by atoms with Gasteiger partial charge in [0.05, 0.1) is 25.3 Å². The fourth-order valence-corrected chi connectivity index (χ4v) is 1.92. The van der Waals surface area contributed by atoms with Gasteiger partial charge in [-0.2, -0.15) is 0 Å². The molecule has 0 saturated heterocycles. The molecule has 0 radical (unpaired) electrons. The maximum Gasteiger partial charge on any atom is 0.338 e. The Morgan fingerprint density at radius 3 is 2.53 bits per heavy atom. The summed E-state index contributed by atoms with van der Waals surface area (Å²) in [6, 6.07) is 3.40. The van der Waals surface area contributed by atoms with Gasteiger partial charge in [0.15, 0.2) is 0 Å². The summed E-state index contributed by atoms with van der Waals surface area (Å²) >= 11 is 0. The Labute approximate surface area is 98.0 Å². The maximum absolute atomic E-state index is 11.2. The first-order valence-corrected chi connectivity index (χ1v) is 5.06. The number of benzene rings is 1. The van der Waals surface area contributed by atoms with Crippen molar-refractivity contribution in [2.24, 2.45) is 0 Å². The first kappa shape index (κ1) is 11.3. The van der Waals surface area contributed by atoms with Crippen LogP contribution in [0, 0.1) is 6.92 Å². The summed E-state index contributed by atoms with van der Waals surface area (Å²) in [7, 11) is 3.06. The van der Waals surface area contributed by atoms with Crippen molar-refractivity contribution in [2.75, 3.05) is 14.2 Å². The lowest BCUT2D eigenvalue weighted by molar-refractivity contribution is 0.0698. The molecule has 0 atom stereocenters. The molecule has 0 amide bonds. The lowest BCUT2D eigenvalue weighted by Crippen LogP contribution is -1.97. The summed E-state index contributed by atoms with van der Waals surface area (Å²) in [4.78, 5) is 14.2. The van der Waals surface area contributed by atoms with E-state index in [9.17, 15) is 9.90 Å². The van der Waals surface area contributed by atoms with Crippen molar-refractivity contribution in [1.82, 2.24) is 4.98 Å². The van der Waals surface area contributed by atoms with Crippen LogP contribution in [-0.4, -0.2) is 30.3 Å². The number of carbonyl (C=O) groups is 1. The average Bonchev–Trinajstić information content (AvgIpc) is 2.63. The topological polar surface area (TPSA) is 71.5 Å². The Kier molecular flexibility index (Phi) is 2.67. The van der Waals surface area contributed by atoms with Gasteiger partial charge in [0.1, 0.15) is 11.5 Å². The monoisotopic (exact) mass is 235 g/mol. The summed E-state index contributed by atoms with van der Waals surface area (Å²) in [5.74, 6) is 0.162. The van der Waals surface area contributed by atoms with Crippen molar-refractivity contribution in [3.8, 4) is 11.5 Å². The number of ether oxygens (including phenoxy) is 2. The highest BCUT2D eigenvalue weighted by Crippen LogP contribution is 2.34. The molecule has 1 aromatic carbocycles. The number of rotatable bonds is 3. The van der Waals surface area contributed by atoms with Crippen molar-refractivity contribution >= 4 is 16.9 Å². The molecule has 0 aliphatic carbocycles. The second-order valence-corrected chi connectivity index (χ2v) is 3.68. The van der Waals surface area contributed by atoms with E-state index in [1.54, 1.807) is 19.1 Å². The van der Waals surface area contributed by atoms with Gasteiger partial charge >= 0.3 is 5.97 Å². The zero-order chi connectivity index (χ0) is 12.6. The van der Waals surface area contributed by atoms with Crippen LogP contribution < -0.4 is 9.47 Å². The number of aryl methyl sites for hydroxylation is 1. The molecular formula is C12H13NO4. The summed E-state index contributed by atoms with van der Waals surface area (Å²) in [5, 5.41) is 9.77. The maximum atomic E-state index is 11.2. The van der Waals surface area contributed by atoms with E-state index < -0.39 is 5.97 Å². The lowest BCUT2D eigenvalue weighted by atomic mass is 10.1. The number of aromatic nitrogens is 1. The zero-order valence-corrected chi connectivity index (χ0v) is 9.83. The fraction of sp³-hybridized carbons (Fsp3) is 0.250. The van der Waals surface area contributed by atoms with E-state index in [4.69, 9.17) is 9.47 Å². The van der Waals surface area contributed by atoms with Crippen LogP contribution in [0.15, 0.2) is 12.1 Å². The minimum absolute atomic E-state index is 0.247. The molecule has 0 fully saturated rings. The van der Waals surface area contributed by atoms with E-state index in [0.29, 0.717) is 28.1 Å². The Morgan fingerprint density at radius 1 is 1.29 bits per heavy atom. The van der Waals surface area contributed by atoms with Gasteiger partial charge in [-0.15, -0.1) is 0 Å². The number of hydrogen-bond acceptors (Lipinski definition) is 3. The number of aromatic amines is 1. The van der Waals surface area contributed by atoms with Crippen molar-refractivity contribution in [3.63, 3.8) is 0 Å². The highest BCUT2D eigenvalue weighted by Gasteiger charge is 2.18. The number of nitrogens with one attached hydrogen (secondary N) is 1. The van der Waals surface area contributed by atoms with Gasteiger partial charge in [0.2, 0.25) is 0 Å². The van der Waals surface area contributed by atoms with E-state index in [1.165, 1.54) is 14.2 Å². The van der Waals surface area contributed by atoms with Crippen molar-refractivity contribution in [2.45, 2.75) is 6.92 Å². The number of carboxylic acids is 1. The van der Waals surface area contributed by atoms with Crippen molar-refractivity contribution in [1.29, 1.82) is 0 Å². The third kappa shape index (κ3) is 1.69. The molecule has 2 aromatic rings.